The molecule has 2 N–H and O–H groups in total. The van der Waals surface area contributed by atoms with Crippen molar-refractivity contribution >= 4 is 30.8 Å². The maximum absolute atomic E-state index is 12.8. The van der Waals surface area contributed by atoms with Crippen LogP contribution in [-0.4, -0.2) is 36.6 Å². The predicted octanol–water partition coefficient (Wildman–Crippen LogP) is 2.58. The minimum atomic E-state index is -0.951. The number of hydrogen-bond donors (Lipinski definition) is 1. The fourth-order valence-corrected chi connectivity index (χ4v) is 4.41. The zero-order chi connectivity index (χ0) is 15.3. The Morgan fingerprint density at radius 2 is 2.00 bits per heavy atom. The molecule has 0 spiro atoms. The number of carbonyl (C=O) groups is 1. The van der Waals surface area contributed by atoms with Gasteiger partial charge in [0.1, 0.15) is 11.6 Å². The lowest BCUT2D eigenvalue weighted by molar-refractivity contribution is -0.165. The van der Waals surface area contributed by atoms with Gasteiger partial charge in [-0.05, 0) is 68.3 Å². The first kappa shape index (κ1) is 19.5. The first-order chi connectivity index (χ1) is 10.6. The van der Waals surface area contributed by atoms with Crippen molar-refractivity contribution in [2.75, 3.05) is 19.6 Å². The third-order valence-corrected chi connectivity index (χ3v) is 5.88. The van der Waals surface area contributed by atoms with Crippen molar-refractivity contribution in [3.63, 3.8) is 0 Å². The number of piperidine rings is 3. The molecule has 3 heterocycles. The lowest BCUT2D eigenvalue weighted by Gasteiger charge is -2.44. The van der Waals surface area contributed by atoms with Gasteiger partial charge in [0, 0.05) is 6.54 Å². The molecule has 5 rings (SSSR count). The third-order valence-electron chi connectivity index (χ3n) is 5.88. The van der Waals surface area contributed by atoms with Gasteiger partial charge in [0.25, 0.3) is 0 Å². The summed E-state index contributed by atoms with van der Waals surface area (Å²) < 4.78 is 5.90. The summed E-state index contributed by atoms with van der Waals surface area (Å²) in [4.78, 5) is 15.2. The van der Waals surface area contributed by atoms with Gasteiger partial charge >= 0.3 is 5.97 Å². The summed E-state index contributed by atoms with van der Waals surface area (Å²) in [6, 6.07) is 6.07. The highest BCUT2D eigenvalue weighted by Crippen LogP contribution is 2.39. The lowest BCUT2D eigenvalue weighted by atomic mass is 9.85. The van der Waals surface area contributed by atoms with E-state index < -0.39 is 5.54 Å². The van der Waals surface area contributed by atoms with Gasteiger partial charge in [0.05, 0.1) is 0 Å². The molecule has 2 atom stereocenters. The predicted molar refractivity (Wildman–Crippen MR) is 98.9 cm³/mol. The van der Waals surface area contributed by atoms with E-state index in [1.54, 1.807) is 0 Å². The van der Waals surface area contributed by atoms with Crippen LogP contribution < -0.4 is 5.73 Å². The van der Waals surface area contributed by atoms with Crippen molar-refractivity contribution in [2.24, 2.45) is 11.7 Å². The zero-order valence-electron chi connectivity index (χ0n) is 14.0. The quantitative estimate of drug-likeness (QED) is 0.810. The molecule has 0 saturated carbocycles. The van der Waals surface area contributed by atoms with Crippen molar-refractivity contribution in [2.45, 2.75) is 44.2 Å². The summed E-state index contributed by atoms with van der Waals surface area (Å²) in [5.74, 6) is 0.298. The molecule has 4 nitrogen and oxygen atoms in total. The maximum Gasteiger partial charge on any atom is 0.331 e. The van der Waals surface area contributed by atoms with Crippen LogP contribution in [0.15, 0.2) is 18.2 Å². The number of halogens is 2. The molecule has 0 amide bonds. The van der Waals surface area contributed by atoms with E-state index in [1.807, 2.05) is 12.1 Å². The van der Waals surface area contributed by atoms with Crippen LogP contribution in [0.25, 0.3) is 0 Å². The maximum atomic E-state index is 12.8. The Kier molecular flexibility index (Phi) is 5.86. The highest BCUT2D eigenvalue weighted by Gasteiger charge is 2.46. The van der Waals surface area contributed by atoms with Gasteiger partial charge in [0.2, 0.25) is 0 Å². The van der Waals surface area contributed by atoms with Gasteiger partial charge in [-0.3, -0.25) is 4.90 Å². The van der Waals surface area contributed by atoms with E-state index in [9.17, 15) is 4.79 Å². The smallest absolute Gasteiger partial charge is 0.331 e. The molecule has 6 heteroatoms. The number of carbonyl (C=O) groups excluding carboxylic acids is 1. The van der Waals surface area contributed by atoms with Crippen molar-refractivity contribution in [3.05, 3.63) is 34.9 Å². The van der Waals surface area contributed by atoms with E-state index in [1.165, 1.54) is 11.1 Å². The highest BCUT2D eigenvalue weighted by molar-refractivity contribution is 5.86. The summed E-state index contributed by atoms with van der Waals surface area (Å²) in [6.07, 6.45) is 3.85. The highest BCUT2D eigenvalue weighted by atomic mass is 35.5. The number of aryl methyl sites for hydroxylation is 1. The van der Waals surface area contributed by atoms with Crippen LogP contribution in [0.3, 0.4) is 0 Å². The van der Waals surface area contributed by atoms with Gasteiger partial charge in [-0.2, -0.15) is 0 Å². The zero-order valence-corrected chi connectivity index (χ0v) is 15.6. The van der Waals surface area contributed by atoms with Gasteiger partial charge in [-0.1, -0.05) is 18.2 Å². The van der Waals surface area contributed by atoms with E-state index in [0.717, 1.165) is 44.5 Å². The molecule has 3 saturated heterocycles. The van der Waals surface area contributed by atoms with Crippen LogP contribution in [0.4, 0.5) is 0 Å². The molecule has 4 aliphatic rings. The lowest BCUT2D eigenvalue weighted by Crippen LogP contribution is -2.54. The third kappa shape index (κ3) is 3.05. The Hall–Kier alpha value is -0.810. The molecule has 3 fully saturated rings. The molecular formula is C18H26Cl2N2O2. The van der Waals surface area contributed by atoms with Crippen molar-refractivity contribution in [3.8, 4) is 0 Å². The Morgan fingerprint density at radius 1 is 1.29 bits per heavy atom. The van der Waals surface area contributed by atoms with E-state index in [2.05, 4.69) is 17.9 Å². The molecule has 1 aromatic carbocycles. The van der Waals surface area contributed by atoms with Crippen LogP contribution in [0.2, 0.25) is 0 Å². The number of ether oxygens (including phenoxy) is 1. The molecule has 0 radical (unpaired) electrons. The summed E-state index contributed by atoms with van der Waals surface area (Å²) in [5.41, 5.74) is 8.99. The number of benzene rings is 1. The molecule has 1 unspecified atom stereocenters. The second kappa shape index (κ2) is 7.20. The minimum absolute atomic E-state index is 0. The van der Waals surface area contributed by atoms with Crippen LogP contribution >= 0.6 is 24.8 Å². The van der Waals surface area contributed by atoms with Gasteiger partial charge in [-0.15, -0.1) is 24.8 Å². The molecule has 2 bridgehead atoms. The summed E-state index contributed by atoms with van der Waals surface area (Å²) in [7, 11) is 0. The standard InChI is InChI=1S/C18H24N2O2.2ClH/c1-12-3-2-4-15-14(12)5-8-18(15,19)17(21)22-16-11-20-9-6-13(16)7-10-20;;/h2-4,13,16H,5-11,19H2,1H3;2*1H/t16-,18?;;/m0../s1. The van der Waals surface area contributed by atoms with E-state index in [4.69, 9.17) is 10.5 Å². The summed E-state index contributed by atoms with van der Waals surface area (Å²) in [5, 5.41) is 0. The van der Waals surface area contributed by atoms with Crippen LogP contribution in [-0.2, 0) is 21.5 Å². The van der Waals surface area contributed by atoms with Crippen LogP contribution in [0, 0.1) is 12.8 Å². The molecule has 1 aromatic rings. The number of hydrogen-bond acceptors (Lipinski definition) is 4. The number of nitrogens with two attached hydrogens (primary N) is 1. The first-order valence-electron chi connectivity index (χ1n) is 8.39. The Bertz CT molecular complexity index is 617. The van der Waals surface area contributed by atoms with E-state index in [-0.39, 0.29) is 36.9 Å². The first-order valence-corrected chi connectivity index (χ1v) is 8.39. The molecule has 3 aliphatic heterocycles. The van der Waals surface area contributed by atoms with E-state index >= 15 is 0 Å². The van der Waals surface area contributed by atoms with Crippen molar-refractivity contribution < 1.29 is 9.53 Å². The second-order valence-corrected chi connectivity index (χ2v) is 7.15. The Morgan fingerprint density at radius 3 is 2.62 bits per heavy atom. The SMILES string of the molecule is Cc1cccc2c1CCC2(N)C(=O)O[C@H]1CN2CCC1CC2.Cl.Cl. The summed E-state index contributed by atoms with van der Waals surface area (Å²) in [6.45, 7) is 5.26. The molecule has 134 valence electrons. The number of rotatable bonds is 2. The normalized spacial score (nSPS) is 33.2. The monoisotopic (exact) mass is 372 g/mol. The second-order valence-electron chi connectivity index (χ2n) is 7.15. The number of nitrogens with zero attached hydrogens (tertiary/aromatic N) is 1. The fraction of sp³-hybridized carbons (Fsp3) is 0.611. The molecule has 24 heavy (non-hydrogen) atoms. The average molecular weight is 373 g/mol. The molecular weight excluding hydrogens is 347 g/mol. The Balaban J connectivity index is 0.00000104. The van der Waals surface area contributed by atoms with Crippen molar-refractivity contribution in [1.29, 1.82) is 0 Å². The summed E-state index contributed by atoms with van der Waals surface area (Å²) >= 11 is 0. The topological polar surface area (TPSA) is 55.6 Å². The largest absolute Gasteiger partial charge is 0.459 e. The van der Waals surface area contributed by atoms with Gasteiger partial charge in [-0.25, -0.2) is 4.79 Å². The van der Waals surface area contributed by atoms with Gasteiger partial charge in [0.15, 0.2) is 0 Å². The average Bonchev–Trinajstić information content (AvgIpc) is 2.89. The van der Waals surface area contributed by atoms with Crippen LogP contribution in [0.1, 0.15) is 36.0 Å². The number of fused-ring (bicyclic) bond motifs is 4. The molecule has 0 aromatic heterocycles. The molecule has 1 aliphatic carbocycles. The minimum Gasteiger partial charge on any atom is -0.459 e. The van der Waals surface area contributed by atoms with Gasteiger partial charge < -0.3 is 10.5 Å². The Labute approximate surface area is 155 Å². The van der Waals surface area contributed by atoms with E-state index in [0.29, 0.717) is 12.3 Å². The van der Waals surface area contributed by atoms with Crippen LogP contribution in [0.5, 0.6) is 0 Å². The van der Waals surface area contributed by atoms with Crippen molar-refractivity contribution in [1.82, 2.24) is 4.90 Å². The number of esters is 1. The fourth-order valence-electron chi connectivity index (χ4n) is 4.41.